The minimum absolute atomic E-state index is 0.110. The second-order valence-electron chi connectivity index (χ2n) is 5.30. The van der Waals surface area contributed by atoms with E-state index in [1.54, 1.807) is 0 Å². The van der Waals surface area contributed by atoms with Gasteiger partial charge in [-0.25, -0.2) is 0 Å². The maximum atomic E-state index is 5.91. The van der Waals surface area contributed by atoms with Crippen LogP contribution in [0.3, 0.4) is 0 Å². The Kier molecular flexibility index (Phi) is 4.20. The Morgan fingerprint density at radius 3 is 2.89 bits per heavy atom. The van der Waals surface area contributed by atoms with E-state index in [4.69, 9.17) is 9.47 Å². The molecule has 1 aromatic rings. The van der Waals surface area contributed by atoms with Gasteiger partial charge >= 0.3 is 0 Å². The van der Waals surface area contributed by atoms with Crippen LogP contribution in [0, 0.1) is 0 Å². The molecule has 0 aliphatic carbocycles. The summed E-state index contributed by atoms with van der Waals surface area (Å²) in [6, 6.07) is 8.47. The van der Waals surface area contributed by atoms with E-state index in [2.05, 4.69) is 10.6 Å². The first-order valence-corrected chi connectivity index (χ1v) is 7.24. The highest BCUT2D eigenvalue weighted by molar-refractivity contribution is 5.40. The van der Waals surface area contributed by atoms with Crippen LogP contribution >= 0.6 is 0 Å². The summed E-state index contributed by atoms with van der Waals surface area (Å²) in [6.45, 7) is 3.64. The maximum Gasteiger partial charge on any atom is 0.161 e. The molecule has 0 amide bonds. The molecule has 0 spiro atoms. The molecule has 0 bridgehead atoms. The molecule has 19 heavy (non-hydrogen) atoms. The van der Waals surface area contributed by atoms with E-state index in [0.717, 1.165) is 31.1 Å². The van der Waals surface area contributed by atoms with Crippen LogP contribution in [0.5, 0.6) is 11.5 Å². The average Bonchev–Trinajstić information content (AvgIpc) is 2.48. The summed E-state index contributed by atoms with van der Waals surface area (Å²) in [7, 11) is 0. The van der Waals surface area contributed by atoms with E-state index >= 15 is 0 Å². The second-order valence-corrected chi connectivity index (χ2v) is 5.30. The Morgan fingerprint density at radius 2 is 2.05 bits per heavy atom. The molecule has 0 radical (unpaired) electrons. The van der Waals surface area contributed by atoms with Gasteiger partial charge in [-0.1, -0.05) is 18.6 Å². The van der Waals surface area contributed by atoms with Gasteiger partial charge in [-0.15, -0.1) is 0 Å². The van der Waals surface area contributed by atoms with Gasteiger partial charge in [-0.2, -0.15) is 0 Å². The normalized spacial score (nSPS) is 26.1. The van der Waals surface area contributed by atoms with E-state index in [1.807, 2.05) is 24.3 Å². The molecule has 2 unspecified atom stereocenters. The van der Waals surface area contributed by atoms with Gasteiger partial charge in [0, 0.05) is 19.1 Å². The topological polar surface area (TPSA) is 42.5 Å². The molecule has 2 heterocycles. The first kappa shape index (κ1) is 12.8. The van der Waals surface area contributed by atoms with Gasteiger partial charge in [0.25, 0.3) is 0 Å². The van der Waals surface area contributed by atoms with Gasteiger partial charge in [-0.05, 0) is 31.5 Å². The number of fused-ring (bicyclic) bond motifs is 1. The molecule has 1 aromatic carbocycles. The first-order valence-electron chi connectivity index (χ1n) is 7.24. The molecule has 2 N–H and O–H groups in total. The summed E-state index contributed by atoms with van der Waals surface area (Å²) in [5, 5.41) is 7.03. The van der Waals surface area contributed by atoms with Crippen LogP contribution in [0.2, 0.25) is 0 Å². The summed E-state index contributed by atoms with van der Waals surface area (Å²) in [5.41, 5.74) is 0. The van der Waals surface area contributed by atoms with E-state index in [0.29, 0.717) is 12.6 Å². The summed E-state index contributed by atoms with van der Waals surface area (Å²) >= 11 is 0. The van der Waals surface area contributed by atoms with E-state index in [-0.39, 0.29) is 6.10 Å². The van der Waals surface area contributed by atoms with Gasteiger partial charge in [0.05, 0.1) is 0 Å². The molecule has 1 saturated heterocycles. The molecule has 104 valence electrons. The number of hydrogen-bond acceptors (Lipinski definition) is 4. The third-order valence-corrected chi connectivity index (χ3v) is 3.74. The molecule has 4 heteroatoms. The lowest BCUT2D eigenvalue weighted by molar-refractivity contribution is 0.0898. The number of rotatable bonds is 4. The quantitative estimate of drug-likeness (QED) is 0.864. The lowest BCUT2D eigenvalue weighted by Gasteiger charge is -2.28. The highest BCUT2D eigenvalue weighted by Gasteiger charge is 2.20. The standard InChI is InChI=1S/C15H22N2O2/c1-2-7-15-14(6-1)18-11-13(19-15)10-16-9-12-5-3-4-8-17-12/h1-2,6-7,12-13,16-17H,3-5,8-11H2. The van der Waals surface area contributed by atoms with E-state index in [9.17, 15) is 0 Å². The maximum absolute atomic E-state index is 5.91. The molecule has 2 aliphatic rings. The zero-order valence-electron chi connectivity index (χ0n) is 11.2. The minimum Gasteiger partial charge on any atom is -0.486 e. The molecular weight excluding hydrogens is 240 g/mol. The van der Waals surface area contributed by atoms with E-state index in [1.165, 1.54) is 19.3 Å². The Labute approximate surface area is 114 Å². The molecule has 0 saturated carbocycles. The van der Waals surface area contributed by atoms with Crippen molar-refractivity contribution in [3.05, 3.63) is 24.3 Å². The van der Waals surface area contributed by atoms with Gasteiger partial charge < -0.3 is 20.1 Å². The lowest BCUT2D eigenvalue weighted by Crippen LogP contribution is -2.45. The van der Waals surface area contributed by atoms with Crippen LogP contribution in [0.4, 0.5) is 0 Å². The summed E-state index contributed by atoms with van der Waals surface area (Å²) < 4.78 is 11.6. The SMILES string of the molecule is c1ccc2c(c1)OCC(CNCC1CCCCN1)O2. The number of hydrogen-bond donors (Lipinski definition) is 2. The van der Waals surface area contributed by atoms with Crippen molar-refractivity contribution < 1.29 is 9.47 Å². The third-order valence-electron chi connectivity index (χ3n) is 3.74. The highest BCUT2D eigenvalue weighted by Crippen LogP contribution is 2.30. The lowest BCUT2D eigenvalue weighted by atomic mass is 10.1. The zero-order valence-corrected chi connectivity index (χ0v) is 11.2. The number of para-hydroxylation sites is 2. The molecule has 3 rings (SSSR count). The Bertz CT molecular complexity index is 405. The van der Waals surface area contributed by atoms with Crippen molar-refractivity contribution in [2.45, 2.75) is 31.4 Å². The monoisotopic (exact) mass is 262 g/mol. The molecule has 2 aliphatic heterocycles. The van der Waals surface area contributed by atoms with Crippen LogP contribution in [-0.4, -0.2) is 38.4 Å². The fourth-order valence-electron chi connectivity index (χ4n) is 2.68. The largest absolute Gasteiger partial charge is 0.486 e. The fraction of sp³-hybridized carbons (Fsp3) is 0.600. The van der Waals surface area contributed by atoms with Gasteiger partial charge in [-0.3, -0.25) is 0 Å². The minimum atomic E-state index is 0.110. The van der Waals surface area contributed by atoms with Crippen LogP contribution in [0.1, 0.15) is 19.3 Å². The molecule has 2 atom stereocenters. The second kappa shape index (κ2) is 6.26. The van der Waals surface area contributed by atoms with Crippen molar-refractivity contribution in [3.63, 3.8) is 0 Å². The van der Waals surface area contributed by atoms with Crippen molar-refractivity contribution >= 4 is 0 Å². The Balaban J connectivity index is 1.42. The molecular formula is C15H22N2O2. The van der Waals surface area contributed by atoms with Crippen molar-refractivity contribution in [2.24, 2.45) is 0 Å². The van der Waals surface area contributed by atoms with Gasteiger partial charge in [0.15, 0.2) is 11.5 Å². The zero-order chi connectivity index (χ0) is 12.9. The van der Waals surface area contributed by atoms with Crippen molar-refractivity contribution in [3.8, 4) is 11.5 Å². The van der Waals surface area contributed by atoms with Gasteiger partial charge in [0.2, 0.25) is 0 Å². The molecule has 4 nitrogen and oxygen atoms in total. The van der Waals surface area contributed by atoms with Crippen LogP contribution in [0.25, 0.3) is 0 Å². The van der Waals surface area contributed by atoms with Crippen LogP contribution < -0.4 is 20.1 Å². The number of benzene rings is 1. The van der Waals surface area contributed by atoms with Crippen LogP contribution in [-0.2, 0) is 0 Å². The van der Waals surface area contributed by atoms with Crippen molar-refractivity contribution in [1.29, 1.82) is 0 Å². The number of piperidine rings is 1. The Morgan fingerprint density at radius 1 is 1.16 bits per heavy atom. The predicted octanol–water partition coefficient (Wildman–Crippen LogP) is 1.56. The van der Waals surface area contributed by atoms with Gasteiger partial charge in [0.1, 0.15) is 12.7 Å². The highest BCUT2D eigenvalue weighted by atomic mass is 16.6. The average molecular weight is 262 g/mol. The summed E-state index contributed by atoms with van der Waals surface area (Å²) in [6.07, 6.45) is 4.04. The smallest absolute Gasteiger partial charge is 0.161 e. The van der Waals surface area contributed by atoms with Crippen LogP contribution in [0.15, 0.2) is 24.3 Å². The summed E-state index contributed by atoms with van der Waals surface area (Å²) in [4.78, 5) is 0. The summed E-state index contributed by atoms with van der Waals surface area (Å²) in [5.74, 6) is 1.71. The third kappa shape index (κ3) is 3.39. The van der Waals surface area contributed by atoms with Crippen molar-refractivity contribution in [2.75, 3.05) is 26.2 Å². The molecule has 0 aromatic heterocycles. The fourth-order valence-corrected chi connectivity index (χ4v) is 2.68. The number of nitrogens with one attached hydrogen (secondary N) is 2. The first-order chi connectivity index (χ1) is 9.42. The van der Waals surface area contributed by atoms with E-state index < -0.39 is 0 Å². The predicted molar refractivity (Wildman–Crippen MR) is 74.9 cm³/mol. The molecule has 1 fully saturated rings. The van der Waals surface area contributed by atoms with Crippen molar-refractivity contribution in [1.82, 2.24) is 10.6 Å². The Hall–Kier alpha value is -1.26. The number of ether oxygens (including phenoxy) is 2.